The maximum absolute atomic E-state index is 13.7. The van der Waals surface area contributed by atoms with Crippen molar-refractivity contribution in [3.63, 3.8) is 0 Å². The van der Waals surface area contributed by atoms with E-state index in [-0.39, 0.29) is 34.9 Å². The molecule has 0 bridgehead atoms. The van der Waals surface area contributed by atoms with Crippen molar-refractivity contribution in [1.29, 1.82) is 0 Å². The molecule has 10 heteroatoms. The van der Waals surface area contributed by atoms with Crippen molar-refractivity contribution in [2.45, 2.75) is 46.6 Å². The quantitative estimate of drug-likeness (QED) is 0.566. The number of halogens is 2. The number of nitrogens with zero attached hydrogens (tertiary/aromatic N) is 3. The fourth-order valence-electron chi connectivity index (χ4n) is 2.41. The molecule has 2 rings (SSSR count). The van der Waals surface area contributed by atoms with Gasteiger partial charge in [0.15, 0.2) is 6.61 Å². The van der Waals surface area contributed by atoms with Crippen LogP contribution in [0.1, 0.15) is 55.4 Å². The van der Waals surface area contributed by atoms with Gasteiger partial charge in [-0.05, 0) is 44.0 Å². The summed E-state index contributed by atoms with van der Waals surface area (Å²) < 4.78 is 32.5. The third-order valence-electron chi connectivity index (χ3n) is 4.56. The molecular formula is C22H27F2N5O3. The van der Waals surface area contributed by atoms with Gasteiger partial charge in [0, 0.05) is 23.9 Å². The highest BCUT2D eigenvalue weighted by Crippen LogP contribution is 2.25. The zero-order valence-corrected chi connectivity index (χ0v) is 18.7. The average molecular weight is 447 g/mol. The third kappa shape index (κ3) is 6.53. The highest BCUT2D eigenvalue weighted by Gasteiger charge is 2.31. The number of aromatic nitrogens is 3. The lowest BCUT2D eigenvalue weighted by Gasteiger charge is -2.19. The van der Waals surface area contributed by atoms with Crippen molar-refractivity contribution in [1.82, 2.24) is 20.3 Å². The summed E-state index contributed by atoms with van der Waals surface area (Å²) in [6.07, 6.45) is 2.82. The summed E-state index contributed by atoms with van der Waals surface area (Å²) in [7, 11) is 0. The van der Waals surface area contributed by atoms with Crippen LogP contribution in [0.4, 0.5) is 14.7 Å². The largest absolute Gasteiger partial charge is 0.471 e. The van der Waals surface area contributed by atoms with Crippen LogP contribution >= 0.6 is 0 Å². The lowest BCUT2D eigenvalue weighted by molar-refractivity contribution is -0.118. The molecular weight excluding hydrogens is 420 g/mol. The Kier molecular flexibility index (Phi) is 7.96. The van der Waals surface area contributed by atoms with Crippen molar-refractivity contribution >= 4 is 17.8 Å². The maximum atomic E-state index is 13.7. The number of carbonyl (C=O) groups excluding carboxylic acids is 2. The third-order valence-corrected chi connectivity index (χ3v) is 4.56. The summed E-state index contributed by atoms with van der Waals surface area (Å²) in [6, 6.07) is 2.67. The molecule has 0 fully saturated rings. The Morgan fingerprint density at radius 2 is 1.94 bits per heavy atom. The van der Waals surface area contributed by atoms with Crippen LogP contribution in [-0.2, 0) is 4.79 Å². The smallest absolute Gasteiger partial charge is 0.302 e. The molecule has 0 spiro atoms. The molecule has 0 saturated carbocycles. The molecule has 2 heterocycles. The van der Waals surface area contributed by atoms with Crippen LogP contribution in [0.15, 0.2) is 36.7 Å². The minimum Gasteiger partial charge on any atom is -0.471 e. The van der Waals surface area contributed by atoms with Crippen LogP contribution in [0.5, 0.6) is 5.88 Å². The molecule has 32 heavy (non-hydrogen) atoms. The topological polar surface area (TPSA) is 106 Å². The van der Waals surface area contributed by atoms with Crippen molar-refractivity contribution < 1.29 is 23.1 Å². The zero-order valence-electron chi connectivity index (χ0n) is 18.7. The summed E-state index contributed by atoms with van der Waals surface area (Å²) in [6.45, 7) is 10.5. The Labute approximate surface area is 185 Å². The molecule has 0 saturated heterocycles. The molecule has 172 valence electrons. The predicted octanol–water partition coefficient (Wildman–Crippen LogP) is 3.86. The van der Waals surface area contributed by atoms with Gasteiger partial charge in [0.2, 0.25) is 17.7 Å². The van der Waals surface area contributed by atoms with Gasteiger partial charge in [-0.15, -0.1) is 0 Å². The summed E-state index contributed by atoms with van der Waals surface area (Å²) in [5.74, 6) is -4.03. The fourth-order valence-corrected chi connectivity index (χ4v) is 2.41. The van der Waals surface area contributed by atoms with Gasteiger partial charge in [-0.2, -0.15) is 8.78 Å². The molecule has 1 atom stereocenters. The number of carbonyl (C=O) groups is 2. The summed E-state index contributed by atoms with van der Waals surface area (Å²) in [5.41, 5.74) is 0.983. The molecule has 1 unspecified atom stereocenters. The van der Waals surface area contributed by atoms with E-state index in [1.54, 1.807) is 33.8 Å². The normalized spacial score (nSPS) is 12.2. The second kappa shape index (κ2) is 10.3. The second-order valence-corrected chi connectivity index (χ2v) is 7.77. The average Bonchev–Trinajstić information content (AvgIpc) is 2.72. The number of amides is 2. The van der Waals surface area contributed by atoms with Gasteiger partial charge in [-0.3, -0.25) is 14.9 Å². The molecule has 2 amide bonds. The number of nitrogens with one attached hydrogen (secondary N) is 2. The van der Waals surface area contributed by atoms with Gasteiger partial charge >= 0.3 is 5.92 Å². The first kappa shape index (κ1) is 24.8. The van der Waals surface area contributed by atoms with E-state index in [4.69, 9.17) is 4.74 Å². The van der Waals surface area contributed by atoms with Crippen molar-refractivity contribution in [2.75, 3.05) is 11.9 Å². The molecule has 2 aromatic heterocycles. The fraction of sp³-hybridized carbons (Fsp3) is 0.409. The van der Waals surface area contributed by atoms with Gasteiger partial charge in [0.05, 0.1) is 6.04 Å². The van der Waals surface area contributed by atoms with E-state index in [2.05, 4.69) is 32.2 Å². The molecule has 0 radical (unpaired) electrons. The first-order valence-electron chi connectivity index (χ1n) is 9.98. The highest BCUT2D eigenvalue weighted by molar-refractivity contribution is 5.94. The standard InChI is InChI=1S/C22H27F2N5O3/c1-12(2)18(30)29-21-25-8-7-17(28-21)19(31)27-15(6)16-9-14(5)20(26-10-16)32-11-22(23,24)13(3)4/h7-10,12,15H,3,11H2,1-2,4-6H3,(H,27,31)(H,25,28,29,30). The number of hydrogen-bond acceptors (Lipinski definition) is 6. The van der Waals surface area contributed by atoms with E-state index < -0.39 is 24.5 Å². The number of hydrogen-bond donors (Lipinski definition) is 2. The summed E-state index contributed by atoms with van der Waals surface area (Å²) in [5, 5.41) is 5.32. The molecule has 0 aromatic carbocycles. The Balaban J connectivity index is 2.05. The lowest BCUT2D eigenvalue weighted by atomic mass is 10.1. The van der Waals surface area contributed by atoms with Crippen molar-refractivity contribution in [3.8, 4) is 5.88 Å². The van der Waals surface area contributed by atoms with Crippen LogP contribution in [0.3, 0.4) is 0 Å². The minimum absolute atomic E-state index is 0.0366. The highest BCUT2D eigenvalue weighted by atomic mass is 19.3. The second-order valence-electron chi connectivity index (χ2n) is 7.77. The van der Waals surface area contributed by atoms with E-state index in [1.807, 2.05) is 0 Å². The van der Waals surface area contributed by atoms with Gasteiger partial charge < -0.3 is 10.1 Å². The first-order valence-corrected chi connectivity index (χ1v) is 9.98. The van der Waals surface area contributed by atoms with Crippen LogP contribution in [0.2, 0.25) is 0 Å². The monoisotopic (exact) mass is 447 g/mol. The predicted molar refractivity (Wildman–Crippen MR) is 116 cm³/mol. The Hall–Kier alpha value is -3.43. The Morgan fingerprint density at radius 3 is 2.53 bits per heavy atom. The number of aryl methyl sites for hydroxylation is 1. The van der Waals surface area contributed by atoms with E-state index in [9.17, 15) is 18.4 Å². The number of pyridine rings is 1. The lowest BCUT2D eigenvalue weighted by Crippen LogP contribution is -2.28. The van der Waals surface area contributed by atoms with E-state index >= 15 is 0 Å². The number of alkyl halides is 2. The Morgan fingerprint density at radius 1 is 1.25 bits per heavy atom. The van der Waals surface area contributed by atoms with Gasteiger partial charge in [0.1, 0.15) is 5.69 Å². The molecule has 2 aromatic rings. The van der Waals surface area contributed by atoms with Crippen molar-refractivity contribution in [2.24, 2.45) is 5.92 Å². The molecule has 0 aliphatic heterocycles. The van der Waals surface area contributed by atoms with E-state index in [0.29, 0.717) is 11.1 Å². The molecule has 2 N–H and O–H groups in total. The molecule has 0 aliphatic rings. The number of ether oxygens (including phenoxy) is 1. The maximum Gasteiger partial charge on any atom is 0.302 e. The SMILES string of the molecule is C=C(C)C(F)(F)COc1ncc(C(C)NC(=O)c2ccnc(NC(=O)C(C)C)n2)cc1C. The number of rotatable bonds is 9. The summed E-state index contributed by atoms with van der Waals surface area (Å²) >= 11 is 0. The van der Waals surface area contributed by atoms with Crippen LogP contribution < -0.4 is 15.4 Å². The molecule has 8 nitrogen and oxygen atoms in total. The van der Waals surface area contributed by atoms with Crippen LogP contribution in [-0.4, -0.2) is 39.3 Å². The van der Waals surface area contributed by atoms with E-state index in [0.717, 1.165) is 0 Å². The van der Waals surface area contributed by atoms with Gasteiger partial charge in [0.25, 0.3) is 5.91 Å². The summed E-state index contributed by atoms with van der Waals surface area (Å²) in [4.78, 5) is 36.5. The minimum atomic E-state index is -3.15. The van der Waals surface area contributed by atoms with Gasteiger partial charge in [-0.25, -0.2) is 15.0 Å². The number of anilines is 1. The first-order chi connectivity index (χ1) is 14.9. The molecule has 0 aliphatic carbocycles. The zero-order chi connectivity index (χ0) is 24.1. The van der Waals surface area contributed by atoms with Gasteiger partial charge in [-0.1, -0.05) is 20.4 Å². The van der Waals surface area contributed by atoms with Crippen molar-refractivity contribution in [3.05, 3.63) is 53.5 Å². The van der Waals surface area contributed by atoms with E-state index in [1.165, 1.54) is 25.4 Å². The van der Waals surface area contributed by atoms with Crippen LogP contribution in [0.25, 0.3) is 0 Å². The Bertz CT molecular complexity index is 1010. The van der Waals surface area contributed by atoms with Crippen LogP contribution in [0, 0.1) is 12.8 Å².